The summed E-state index contributed by atoms with van der Waals surface area (Å²) in [7, 11) is 1.90. The second kappa shape index (κ2) is 5.12. The molecule has 1 aliphatic carbocycles. The lowest BCUT2D eigenvalue weighted by Gasteiger charge is -2.17. The van der Waals surface area contributed by atoms with Crippen LogP contribution in [0.1, 0.15) is 44.0 Å². The van der Waals surface area contributed by atoms with Crippen LogP contribution in [-0.2, 0) is 0 Å². The maximum atomic E-state index is 4.51. The summed E-state index contributed by atoms with van der Waals surface area (Å²) in [5, 5.41) is 6.65. The zero-order valence-corrected chi connectivity index (χ0v) is 11.9. The molecule has 1 aromatic rings. The van der Waals surface area contributed by atoms with E-state index in [0.717, 1.165) is 29.6 Å². The van der Waals surface area contributed by atoms with Gasteiger partial charge < -0.3 is 10.6 Å². The van der Waals surface area contributed by atoms with E-state index in [1.165, 1.54) is 25.7 Å². The SMILES string of the molecule is CCCC1(CNc2nc(C)nc(NC)c2C)CC1. The average molecular weight is 248 g/mol. The minimum absolute atomic E-state index is 0.542. The first-order valence-electron chi connectivity index (χ1n) is 6.87. The first-order chi connectivity index (χ1) is 8.60. The molecule has 1 heterocycles. The molecule has 0 bridgehead atoms. The normalized spacial score (nSPS) is 16.4. The van der Waals surface area contributed by atoms with Crippen molar-refractivity contribution in [2.24, 2.45) is 5.41 Å². The third kappa shape index (κ3) is 2.74. The van der Waals surface area contributed by atoms with Crippen LogP contribution in [0, 0.1) is 19.3 Å². The monoisotopic (exact) mass is 248 g/mol. The van der Waals surface area contributed by atoms with Crippen LogP contribution in [-0.4, -0.2) is 23.6 Å². The topological polar surface area (TPSA) is 49.8 Å². The molecule has 100 valence electrons. The Bertz CT molecular complexity index is 424. The highest BCUT2D eigenvalue weighted by atomic mass is 15.1. The van der Waals surface area contributed by atoms with Crippen molar-refractivity contribution in [2.45, 2.75) is 46.5 Å². The lowest BCUT2D eigenvalue weighted by molar-refractivity contribution is 0.485. The van der Waals surface area contributed by atoms with Gasteiger partial charge in [0.2, 0.25) is 0 Å². The van der Waals surface area contributed by atoms with Crippen molar-refractivity contribution >= 4 is 11.6 Å². The van der Waals surface area contributed by atoms with Crippen LogP contribution < -0.4 is 10.6 Å². The van der Waals surface area contributed by atoms with E-state index in [0.29, 0.717) is 5.41 Å². The van der Waals surface area contributed by atoms with Gasteiger partial charge in [-0.3, -0.25) is 0 Å². The molecule has 0 unspecified atom stereocenters. The summed E-state index contributed by atoms with van der Waals surface area (Å²) in [6, 6.07) is 0. The van der Waals surface area contributed by atoms with Crippen molar-refractivity contribution in [1.82, 2.24) is 9.97 Å². The van der Waals surface area contributed by atoms with E-state index in [9.17, 15) is 0 Å². The standard InChI is InChI=1S/C14H24N4/c1-5-6-14(7-8-14)9-16-13-10(2)12(15-4)17-11(3)18-13/h5-9H2,1-4H3,(H2,15,16,17,18). The Balaban J connectivity index is 2.07. The van der Waals surface area contributed by atoms with Gasteiger partial charge in [-0.15, -0.1) is 0 Å². The van der Waals surface area contributed by atoms with Gasteiger partial charge in [0.25, 0.3) is 0 Å². The Labute approximate surface area is 110 Å². The summed E-state index contributed by atoms with van der Waals surface area (Å²) >= 11 is 0. The second-order valence-corrected chi connectivity index (χ2v) is 5.45. The molecule has 1 aromatic heterocycles. The van der Waals surface area contributed by atoms with Gasteiger partial charge in [0.15, 0.2) is 0 Å². The van der Waals surface area contributed by atoms with E-state index in [4.69, 9.17) is 0 Å². The smallest absolute Gasteiger partial charge is 0.134 e. The fourth-order valence-electron chi connectivity index (χ4n) is 2.54. The van der Waals surface area contributed by atoms with Gasteiger partial charge in [0.1, 0.15) is 17.5 Å². The van der Waals surface area contributed by atoms with Crippen LogP contribution >= 0.6 is 0 Å². The quantitative estimate of drug-likeness (QED) is 0.812. The van der Waals surface area contributed by atoms with Crippen LogP contribution in [0.25, 0.3) is 0 Å². The van der Waals surface area contributed by atoms with E-state index < -0.39 is 0 Å². The molecule has 2 rings (SSSR count). The molecule has 0 atom stereocenters. The molecule has 0 aromatic carbocycles. The summed E-state index contributed by atoms with van der Waals surface area (Å²) in [6.07, 6.45) is 5.30. The Kier molecular flexibility index (Phi) is 3.73. The van der Waals surface area contributed by atoms with Crippen molar-refractivity contribution in [2.75, 3.05) is 24.2 Å². The summed E-state index contributed by atoms with van der Waals surface area (Å²) in [5.74, 6) is 2.72. The van der Waals surface area contributed by atoms with Crippen LogP contribution in [0.15, 0.2) is 0 Å². The maximum Gasteiger partial charge on any atom is 0.134 e. The predicted molar refractivity (Wildman–Crippen MR) is 76.1 cm³/mol. The van der Waals surface area contributed by atoms with E-state index in [1.54, 1.807) is 0 Å². The van der Waals surface area contributed by atoms with E-state index in [2.05, 4.69) is 34.4 Å². The Hall–Kier alpha value is -1.32. The predicted octanol–water partition coefficient (Wildman–Crippen LogP) is 3.13. The lowest BCUT2D eigenvalue weighted by atomic mass is 10.0. The van der Waals surface area contributed by atoms with Gasteiger partial charge in [-0.2, -0.15) is 0 Å². The highest BCUT2D eigenvalue weighted by Gasteiger charge is 2.41. The zero-order chi connectivity index (χ0) is 13.2. The number of nitrogens with zero attached hydrogens (tertiary/aromatic N) is 2. The number of hydrogen-bond donors (Lipinski definition) is 2. The van der Waals surface area contributed by atoms with Gasteiger partial charge in [-0.25, -0.2) is 9.97 Å². The number of rotatable bonds is 6. The van der Waals surface area contributed by atoms with Gasteiger partial charge in [0, 0.05) is 19.2 Å². The molecule has 0 saturated heterocycles. The highest BCUT2D eigenvalue weighted by Crippen LogP contribution is 2.49. The highest BCUT2D eigenvalue weighted by molar-refractivity contribution is 5.57. The molecule has 18 heavy (non-hydrogen) atoms. The van der Waals surface area contributed by atoms with Gasteiger partial charge in [-0.1, -0.05) is 13.3 Å². The van der Waals surface area contributed by atoms with Crippen LogP contribution in [0.2, 0.25) is 0 Å². The zero-order valence-electron chi connectivity index (χ0n) is 11.9. The first-order valence-corrected chi connectivity index (χ1v) is 6.87. The van der Waals surface area contributed by atoms with E-state index in [-0.39, 0.29) is 0 Å². The molecule has 0 spiro atoms. The van der Waals surface area contributed by atoms with Crippen molar-refractivity contribution < 1.29 is 0 Å². The Morgan fingerprint density at radius 2 is 1.83 bits per heavy atom. The second-order valence-electron chi connectivity index (χ2n) is 5.45. The third-order valence-corrected chi connectivity index (χ3v) is 3.86. The van der Waals surface area contributed by atoms with Gasteiger partial charge >= 0.3 is 0 Å². The molecule has 2 N–H and O–H groups in total. The van der Waals surface area contributed by atoms with Crippen LogP contribution in [0.4, 0.5) is 11.6 Å². The molecular formula is C14H24N4. The van der Waals surface area contributed by atoms with Gasteiger partial charge in [-0.05, 0) is 38.5 Å². The number of anilines is 2. The molecule has 1 saturated carbocycles. The summed E-state index contributed by atoms with van der Waals surface area (Å²) in [4.78, 5) is 8.90. The first kappa shape index (κ1) is 13.1. The molecule has 1 fully saturated rings. The summed E-state index contributed by atoms with van der Waals surface area (Å²) in [5.41, 5.74) is 1.65. The molecular weight excluding hydrogens is 224 g/mol. The molecule has 0 radical (unpaired) electrons. The van der Waals surface area contributed by atoms with E-state index in [1.807, 2.05) is 14.0 Å². The maximum absolute atomic E-state index is 4.51. The summed E-state index contributed by atoms with van der Waals surface area (Å²) in [6.45, 7) is 7.30. The van der Waals surface area contributed by atoms with Crippen molar-refractivity contribution in [1.29, 1.82) is 0 Å². The minimum atomic E-state index is 0.542. The summed E-state index contributed by atoms with van der Waals surface area (Å²) < 4.78 is 0. The van der Waals surface area contributed by atoms with Gasteiger partial charge in [0.05, 0.1) is 0 Å². The molecule has 0 aliphatic heterocycles. The number of hydrogen-bond acceptors (Lipinski definition) is 4. The number of aromatic nitrogens is 2. The Morgan fingerprint density at radius 1 is 1.17 bits per heavy atom. The Morgan fingerprint density at radius 3 is 2.39 bits per heavy atom. The fraction of sp³-hybridized carbons (Fsp3) is 0.714. The van der Waals surface area contributed by atoms with Crippen molar-refractivity contribution in [3.63, 3.8) is 0 Å². The van der Waals surface area contributed by atoms with Crippen LogP contribution in [0.3, 0.4) is 0 Å². The fourth-order valence-corrected chi connectivity index (χ4v) is 2.54. The van der Waals surface area contributed by atoms with E-state index >= 15 is 0 Å². The molecule has 0 amide bonds. The van der Waals surface area contributed by atoms with Crippen molar-refractivity contribution in [3.8, 4) is 0 Å². The number of aryl methyl sites for hydroxylation is 1. The largest absolute Gasteiger partial charge is 0.373 e. The minimum Gasteiger partial charge on any atom is -0.373 e. The van der Waals surface area contributed by atoms with Crippen LogP contribution in [0.5, 0.6) is 0 Å². The lowest BCUT2D eigenvalue weighted by Crippen LogP contribution is -2.17. The third-order valence-electron chi connectivity index (χ3n) is 3.86. The molecule has 4 heteroatoms. The van der Waals surface area contributed by atoms with Crippen molar-refractivity contribution in [3.05, 3.63) is 11.4 Å². The average Bonchev–Trinajstić information content (AvgIpc) is 3.10. The molecule has 4 nitrogen and oxygen atoms in total. The number of nitrogens with one attached hydrogen (secondary N) is 2. The molecule has 1 aliphatic rings.